The number of H-pyrrole nitrogens is 1. The third kappa shape index (κ3) is 4.41. The van der Waals surface area contributed by atoms with Gasteiger partial charge in [0.1, 0.15) is 0 Å². The van der Waals surface area contributed by atoms with Crippen LogP contribution >= 0.6 is 0 Å². The lowest BCUT2D eigenvalue weighted by Crippen LogP contribution is -2.48. The number of rotatable bonds is 5. The number of imidazole rings is 1. The zero-order valence-electron chi connectivity index (χ0n) is 18.4. The van der Waals surface area contributed by atoms with E-state index in [9.17, 15) is 9.59 Å². The average molecular weight is 415 g/mol. The summed E-state index contributed by atoms with van der Waals surface area (Å²) in [6, 6.07) is 6.81. The summed E-state index contributed by atoms with van der Waals surface area (Å²) >= 11 is 0. The third-order valence-electron chi connectivity index (χ3n) is 6.66. The molecule has 0 saturated carbocycles. The van der Waals surface area contributed by atoms with Gasteiger partial charge in [-0.15, -0.1) is 0 Å². The standard InChI is InChI=1S/C23H34N4O3/c1-16(2)15-30-22(28)17-6-10-26(11-7-17)18-8-12-27(13-9-18)19-4-5-20-21(14-19)25(3)23(29)24-20/h4-5,14,16-18H,6-13,15H2,1-3H3,(H,24,29). The van der Waals surface area contributed by atoms with Gasteiger partial charge in [-0.25, -0.2) is 4.79 Å². The van der Waals surface area contributed by atoms with Gasteiger partial charge in [0.15, 0.2) is 0 Å². The van der Waals surface area contributed by atoms with Gasteiger partial charge in [-0.05, 0) is 62.9 Å². The van der Waals surface area contributed by atoms with E-state index in [1.165, 1.54) is 5.69 Å². The first-order valence-corrected chi connectivity index (χ1v) is 11.3. The minimum absolute atomic E-state index is 0.00674. The number of nitrogens with zero attached hydrogens (tertiary/aromatic N) is 3. The smallest absolute Gasteiger partial charge is 0.326 e. The van der Waals surface area contributed by atoms with Crippen molar-refractivity contribution in [2.45, 2.75) is 45.6 Å². The minimum atomic E-state index is -0.0719. The van der Waals surface area contributed by atoms with E-state index in [2.05, 4.69) is 40.8 Å². The maximum absolute atomic E-state index is 12.2. The molecule has 30 heavy (non-hydrogen) atoms. The molecule has 7 nitrogen and oxygen atoms in total. The molecular weight excluding hydrogens is 380 g/mol. The predicted molar refractivity (Wildman–Crippen MR) is 119 cm³/mol. The van der Waals surface area contributed by atoms with E-state index in [1.807, 2.05) is 6.07 Å². The van der Waals surface area contributed by atoms with Crippen LogP contribution in [0.15, 0.2) is 23.0 Å². The quantitative estimate of drug-likeness (QED) is 0.762. The summed E-state index contributed by atoms with van der Waals surface area (Å²) in [6.07, 6.45) is 4.09. The lowest BCUT2D eigenvalue weighted by atomic mass is 9.93. The number of aromatic nitrogens is 2. The van der Waals surface area contributed by atoms with Crippen molar-refractivity contribution in [1.82, 2.24) is 14.5 Å². The first kappa shape index (κ1) is 21.0. The van der Waals surface area contributed by atoms with Gasteiger partial charge in [-0.1, -0.05) is 13.8 Å². The summed E-state index contributed by atoms with van der Waals surface area (Å²) in [6.45, 7) is 8.68. The molecule has 3 heterocycles. The topological polar surface area (TPSA) is 70.6 Å². The van der Waals surface area contributed by atoms with Gasteiger partial charge in [-0.2, -0.15) is 0 Å². The Morgan fingerprint density at radius 3 is 2.50 bits per heavy atom. The second kappa shape index (κ2) is 8.84. The van der Waals surface area contributed by atoms with Crippen LogP contribution in [0.4, 0.5) is 5.69 Å². The predicted octanol–water partition coefficient (Wildman–Crippen LogP) is 2.75. The molecule has 0 atom stereocenters. The molecule has 1 N–H and O–H groups in total. The number of hydrogen-bond donors (Lipinski definition) is 1. The number of benzene rings is 1. The van der Waals surface area contributed by atoms with Crippen LogP contribution in [0.25, 0.3) is 11.0 Å². The van der Waals surface area contributed by atoms with Crippen LogP contribution in [0.2, 0.25) is 0 Å². The molecule has 1 aromatic heterocycles. The van der Waals surface area contributed by atoms with Crippen molar-refractivity contribution in [3.8, 4) is 0 Å². The minimum Gasteiger partial charge on any atom is -0.465 e. The van der Waals surface area contributed by atoms with Crippen LogP contribution in [0.1, 0.15) is 39.5 Å². The molecule has 7 heteroatoms. The van der Waals surface area contributed by atoms with Gasteiger partial charge in [0, 0.05) is 31.9 Å². The molecule has 164 valence electrons. The second-order valence-corrected chi connectivity index (χ2v) is 9.24. The van der Waals surface area contributed by atoms with E-state index in [1.54, 1.807) is 11.6 Å². The largest absolute Gasteiger partial charge is 0.465 e. The van der Waals surface area contributed by atoms with Crippen molar-refractivity contribution in [2.24, 2.45) is 18.9 Å². The normalized spacial score (nSPS) is 19.7. The number of aromatic amines is 1. The number of esters is 1. The zero-order chi connectivity index (χ0) is 21.3. The van der Waals surface area contributed by atoms with Gasteiger partial charge in [0.2, 0.25) is 0 Å². The molecule has 1 aromatic carbocycles. The number of piperidine rings is 2. The maximum atomic E-state index is 12.2. The summed E-state index contributed by atoms with van der Waals surface area (Å²) in [7, 11) is 1.80. The molecule has 2 aliphatic heterocycles. The molecular formula is C23H34N4O3. The molecule has 0 spiro atoms. The Bertz CT molecular complexity index is 932. The molecule has 0 bridgehead atoms. The number of carbonyl (C=O) groups excluding carboxylic acids is 1. The highest BCUT2D eigenvalue weighted by molar-refractivity contribution is 5.79. The maximum Gasteiger partial charge on any atom is 0.326 e. The van der Waals surface area contributed by atoms with Gasteiger partial charge in [-0.3, -0.25) is 9.36 Å². The third-order valence-corrected chi connectivity index (χ3v) is 6.66. The lowest BCUT2D eigenvalue weighted by Gasteiger charge is -2.42. The van der Waals surface area contributed by atoms with Crippen molar-refractivity contribution in [3.05, 3.63) is 28.7 Å². The Morgan fingerprint density at radius 2 is 1.83 bits per heavy atom. The molecule has 0 aliphatic carbocycles. The van der Waals surface area contributed by atoms with Gasteiger partial charge in [0.05, 0.1) is 23.6 Å². The van der Waals surface area contributed by atoms with E-state index >= 15 is 0 Å². The molecule has 0 unspecified atom stereocenters. The van der Waals surface area contributed by atoms with E-state index < -0.39 is 0 Å². The number of fused-ring (bicyclic) bond motifs is 1. The fraction of sp³-hybridized carbons (Fsp3) is 0.652. The van der Waals surface area contributed by atoms with Crippen molar-refractivity contribution in [1.29, 1.82) is 0 Å². The zero-order valence-corrected chi connectivity index (χ0v) is 18.4. The number of nitrogens with one attached hydrogen (secondary N) is 1. The fourth-order valence-electron chi connectivity index (χ4n) is 4.76. The fourth-order valence-corrected chi connectivity index (χ4v) is 4.76. The van der Waals surface area contributed by atoms with Gasteiger partial charge in [0.25, 0.3) is 0 Å². The lowest BCUT2D eigenvalue weighted by molar-refractivity contribution is -0.151. The Labute approximate surface area is 178 Å². The molecule has 2 fully saturated rings. The Hall–Kier alpha value is -2.28. The average Bonchev–Trinajstić information content (AvgIpc) is 3.05. The van der Waals surface area contributed by atoms with E-state index in [4.69, 9.17) is 4.74 Å². The van der Waals surface area contributed by atoms with Crippen molar-refractivity contribution in [2.75, 3.05) is 37.7 Å². The van der Waals surface area contributed by atoms with E-state index in [0.717, 1.165) is 62.9 Å². The first-order chi connectivity index (χ1) is 14.4. The Balaban J connectivity index is 1.29. The molecule has 0 radical (unpaired) electrons. The summed E-state index contributed by atoms with van der Waals surface area (Å²) in [5.74, 6) is 0.453. The van der Waals surface area contributed by atoms with Crippen LogP contribution in [0.5, 0.6) is 0 Å². The highest BCUT2D eigenvalue weighted by Crippen LogP contribution is 2.28. The molecule has 2 aliphatic rings. The molecule has 2 saturated heterocycles. The first-order valence-electron chi connectivity index (χ1n) is 11.3. The summed E-state index contributed by atoms with van der Waals surface area (Å²) in [5.41, 5.74) is 2.95. The second-order valence-electron chi connectivity index (χ2n) is 9.24. The number of hydrogen-bond acceptors (Lipinski definition) is 5. The summed E-state index contributed by atoms with van der Waals surface area (Å²) in [5, 5.41) is 0. The van der Waals surface area contributed by atoms with E-state index in [0.29, 0.717) is 18.6 Å². The highest BCUT2D eigenvalue weighted by atomic mass is 16.5. The highest BCUT2D eigenvalue weighted by Gasteiger charge is 2.31. The van der Waals surface area contributed by atoms with Crippen molar-refractivity contribution in [3.63, 3.8) is 0 Å². The monoisotopic (exact) mass is 414 g/mol. The Kier molecular flexibility index (Phi) is 6.18. The van der Waals surface area contributed by atoms with Crippen LogP contribution in [-0.4, -0.2) is 59.2 Å². The van der Waals surface area contributed by atoms with Crippen molar-refractivity contribution >= 4 is 22.7 Å². The number of likely N-dealkylation sites (tertiary alicyclic amines) is 1. The van der Waals surface area contributed by atoms with Gasteiger partial charge < -0.3 is 19.5 Å². The van der Waals surface area contributed by atoms with Crippen LogP contribution in [0.3, 0.4) is 0 Å². The SMILES string of the molecule is CC(C)COC(=O)C1CCN(C2CCN(c3ccc4[nH]c(=O)n(C)c4c3)CC2)CC1. The van der Waals surface area contributed by atoms with Gasteiger partial charge >= 0.3 is 11.7 Å². The molecule has 0 amide bonds. The number of aryl methyl sites for hydroxylation is 1. The van der Waals surface area contributed by atoms with Crippen LogP contribution in [-0.2, 0) is 16.6 Å². The van der Waals surface area contributed by atoms with Crippen LogP contribution < -0.4 is 10.6 Å². The molecule has 2 aromatic rings. The summed E-state index contributed by atoms with van der Waals surface area (Å²) in [4.78, 5) is 31.9. The Morgan fingerprint density at radius 1 is 1.13 bits per heavy atom. The van der Waals surface area contributed by atoms with Crippen LogP contribution in [0, 0.1) is 11.8 Å². The number of ether oxygens (including phenoxy) is 1. The summed E-state index contributed by atoms with van der Waals surface area (Å²) < 4.78 is 7.11. The molecule has 4 rings (SSSR count). The van der Waals surface area contributed by atoms with E-state index in [-0.39, 0.29) is 17.6 Å². The number of carbonyl (C=O) groups is 1. The van der Waals surface area contributed by atoms with Crippen molar-refractivity contribution < 1.29 is 9.53 Å². The number of anilines is 1.